The average Bonchev–Trinajstić information content (AvgIpc) is 2.66. The van der Waals surface area contributed by atoms with Crippen LogP contribution in [0.1, 0.15) is 17.2 Å². The third-order valence-corrected chi connectivity index (χ3v) is 4.56. The van der Waals surface area contributed by atoms with Crippen LogP contribution in [0.4, 0.5) is 11.4 Å². The van der Waals surface area contributed by atoms with E-state index in [9.17, 15) is 5.11 Å². The molecule has 3 aromatic rings. The Bertz CT molecular complexity index is 821. The molecule has 26 heavy (non-hydrogen) atoms. The molecule has 0 unspecified atom stereocenters. The molecule has 0 fully saturated rings. The lowest BCUT2D eigenvalue weighted by molar-refractivity contribution is 0.124. The second-order valence-corrected chi connectivity index (χ2v) is 6.83. The summed E-state index contributed by atoms with van der Waals surface area (Å²) >= 11 is 6.18. The molecule has 1 atom stereocenters. The van der Waals surface area contributed by atoms with Crippen molar-refractivity contribution in [3.05, 3.63) is 95.0 Å². The van der Waals surface area contributed by atoms with Gasteiger partial charge < -0.3 is 10.4 Å². The Morgan fingerprint density at radius 1 is 0.923 bits per heavy atom. The van der Waals surface area contributed by atoms with Gasteiger partial charge in [0.15, 0.2) is 0 Å². The summed E-state index contributed by atoms with van der Waals surface area (Å²) < 4.78 is 0. The van der Waals surface area contributed by atoms with Crippen LogP contribution in [0.3, 0.4) is 0 Å². The van der Waals surface area contributed by atoms with Gasteiger partial charge in [0, 0.05) is 18.8 Å². The van der Waals surface area contributed by atoms with Crippen LogP contribution in [-0.2, 0) is 6.54 Å². The molecule has 2 N–H and O–H groups in total. The predicted octanol–water partition coefficient (Wildman–Crippen LogP) is 5.25. The molecule has 0 radical (unpaired) electrons. The Hall–Kier alpha value is -2.33. The molecule has 0 aromatic heterocycles. The van der Waals surface area contributed by atoms with Crippen LogP contribution in [-0.4, -0.2) is 23.6 Å². The molecular formula is C22H23ClN2O. The van der Waals surface area contributed by atoms with Crippen LogP contribution in [0.25, 0.3) is 0 Å². The highest BCUT2D eigenvalue weighted by Gasteiger charge is 2.10. The number of rotatable bonds is 7. The van der Waals surface area contributed by atoms with E-state index in [2.05, 4.69) is 22.3 Å². The number of aliphatic hydroxyl groups excluding tert-OH is 1. The Labute approximate surface area is 159 Å². The molecule has 4 heteroatoms. The van der Waals surface area contributed by atoms with E-state index in [0.29, 0.717) is 11.6 Å². The van der Waals surface area contributed by atoms with Gasteiger partial charge in [-0.05, 0) is 42.4 Å². The lowest BCUT2D eigenvalue weighted by Crippen LogP contribution is -2.24. The minimum atomic E-state index is -0.484. The van der Waals surface area contributed by atoms with Crippen molar-refractivity contribution in [3.63, 3.8) is 0 Å². The summed E-state index contributed by atoms with van der Waals surface area (Å²) in [5, 5.41) is 14.4. The molecule has 0 bridgehead atoms. The van der Waals surface area contributed by atoms with E-state index < -0.39 is 6.10 Å². The third kappa shape index (κ3) is 5.09. The summed E-state index contributed by atoms with van der Waals surface area (Å²) in [4.78, 5) is 2.12. The molecule has 0 saturated carbocycles. The standard InChI is InChI=1S/C22H23ClN2O/c1-25(16-22(26)18-7-3-2-4-8-18)15-17-11-13-19(14-12-17)24-21-10-6-5-9-20(21)23/h2-14,22,24,26H,15-16H2,1H3/t22-/m0/s1. The number of halogens is 1. The van der Waals surface area contributed by atoms with Crippen molar-refractivity contribution in [2.45, 2.75) is 12.6 Å². The Morgan fingerprint density at radius 3 is 2.27 bits per heavy atom. The first kappa shape index (κ1) is 18.5. The van der Waals surface area contributed by atoms with Crippen molar-refractivity contribution in [1.29, 1.82) is 0 Å². The highest BCUT2D eigenvalue weighted by atomic mass is 35.5. The van der Waals surface area contributed by atoms with Gasteiger partial charge in [-0.25, -0.2) is 0 Å². The first-order valence-corrected chi connectivity index (χ1v) is 9.01. The molecule has 3 aromatic carbocycles. The number of benzene rings is 3. The van der Waals surface area contributed by atoms with Gasteiger partial charge in [-0.2, -0.15) is 0 Å². The van der Waals surface area contributed by atoms with Crippen molar-refractivity contribution >= 4 is 23.0 Å². The second-order valence-electron chi connectivity index (χ2n) is 6.43. The maximum Gasteiger partial charge on any atom is 0.0916 e. The summed E-state index contributed by atoms with van der Waals surface area (Å²) in [7, 11) is 2.02. The number of aliphatic hydroxyl groups is 1. The average molecular weight is 367 g/mol. The van der Waals surface area contributed by atoms with Gasteiger partial charge in [-0.3, -0.25) is 4.90 Å². The molecule has 0 aliphatic heterocycles. The fourth-order valence-corrected chi connectivity index (χ4v) is 3.05. The van der Waals surface area contributed by atoms with Crippen LogP contribution in [0.2, 0.25) is 5.02 Å². The molecule has 0 heterocycles. The number of hydrogen-bond acceptors (Lipinski definition) is 3. The number of nitrogens with one attached hydrogen (secondary N) is 1. The van der Waals surface area contributed by atoms with Gasteiger partial charge in [0.25, 0.3) is 0 Å². The Morgan fingerprint density at radius 2 is 1.58 bits per heavy atom. The van der Waals surface area contributed by atoms with E-state index in [1.807, 2.05) is 73.8 Å². The summed E-state index contributed by atoms with van der Waals surface area (Å²) in [5.74, 6) is 0. The predicted molar refractivity (Wildman–Crippen MR) is 109 cm³/mol. The molecule has 0 aliphatic rings. The zero-order valence-corrected chi connectivity index (χ0v) is 15.5. The zero-order chi connectivity index (χ0) is 18.4. The van der Waals surface area contributed by atoms with Crippen molar-refractivity contribution in [3.8, 4) is 0 Å². The number of anilines is 2. The minimum Gasteiger partial charge on any atom is -0.387 e. The summed E-state index contributed by atoms with van der Waals surface area (Å²) in [6.45, 7) is 1.36. The van der Waals surface area contributed by atoms with Crippen LogP contribution < -0.4 is 5.32 Å². The highest BCUT2D eigenvalue weighted by Crippen LogP contribution is 2.25. The van der Waals surface area contributed by atoms with E-state index in [-0.39, 0.29) is 0 Å². The van der Waals surface area contributed by atoms with E-state index >= 15 is 0 Å². The topological polar surface area (TPSA) is 35.5 Å². The summed E-state index contributed by atoms with van der Waals surface area (Å²) in [6.07, 6.45) is -0.484. The maximum absolute atomic E-state index is 10.3. The van der Waals surface area contributed by atoms with Crippen molar-refractivity contribution in [2.75, 3.05) is 18.9 Å². The largest absolute Gasteiger partial charge is 0.387 e. The van der Waals surface area contributed by atoms with Crippen molar-refractivity contribution in [2.24, 2.45) is 0 Å². The van der Waals surface area contributed by atoms with Gasteiger partial charge >= 0.3 is 0 Å². The third-order valence-electron chi connectivity index (χ3n) is 4.23. The lowest BCUT2D eigenvalue weighted by Gasteiger charge is -2.21. The lowest BCUT2D eigenvalue weighted by atomic mass is 10.1. The van der Waals surface area contributed by atoms with E-state index in [4.69, 9.17) is 11.6 Å². The van der Waals surface area contributed by atoms with Gasteiger partial charge in [0.05, 0.1) is 16.8 Å². The maximum atomic E-state index is 10.3. The minimum absolute atomic E-state index is 0.484. The zero-order valence-electron chi connectivity index (χ0n) is 14.8. The Kier molecular flexibility index (Phi) is 6.29. The summed E-state index contributed by atoms with van der Waals surface area (Å²) in [6, 6.07) is 25.7. The first-order chi connectivity index (χ1) is 12.6. The molecule has 0 amide bonds. The van der Waals surface area contributed by atoms with Gasteiger partial charge in [0.1, 0.15) is 0 Å². The number of nitrogens with zero attached hydrogens (tertiary/aromatic N) is 1. The monoisotopic (exact) mass is 366 g/mol. The highest BCUT2D eigenvalue weighted by molar-refractivity contribution is 6.33. The van der Waals surface area contributed by atoms with E-state index in [0.717, 1.165) is 23.5 Å². The van der Waals surface area contributed by atoms with Crippen LogP contribution in [0.15, 0.2) is 78.9 Å². The van der Waals surface area contributed by atoms with E-state index in [1.165, 1.54) is 5.56 Å². The molecule has 3 rings (SSSR count). The van der Waals surface area contributed by atoms with Gasteiger partial charge in [-0.15, -0.1) is 0 Å². The molecule has 0 spiro atoms. The fraction of sp³-hybridized carbons (Fsp3) is 0.182. The molecule has 0 aliphatic carbocycles. The van der Waals surface area contributed by atoms with E-state index in [1.54, 1.807) is 0 Å². The molecular weight excluding hydrogens is 344 g/mol. The fourth-order valence-electron chi connectivity index (χ4n) is 2.86. The van der Waals surface area contributed by atoms with Crippen LogP contribution >= 0.6 is 11.6 Å². The smallest absolute Gasteiger partial charge is 0.0916 e. The molecule has 134 valence electrons. The Balaban J connectivity index is 1.56. The summed E-state index contributed by atoms with van der Waals surface area (Å²) in [5.41, 5.74) is 4.02. The first-order valence-electron chi connectivity index (χ1n) is 8.64. The quantitative estimate of drug-likeness (QED) is 0.599. The number of likely N-dealkylation sites (N-methyl/N-ethyl adjacent to an activating group) is 1. The van der Waals surface area contributed by atoms with Crippen LogP contribution in [0.5, 0.6) is 0 Å². The number of para-hydroxylation sites is 1. The number of hydrogen-bond donors (Lipinski definition) is 2. The normalized spacial score (nSPS) is 12.2. The van der Waals surface area contributed by atoms with Crippen molar-refractivity contribution in [1.82, 2.24) is 4.90 Å². The second kappa shape index (κ2) is 8.86. The van der Waals surface area contributed by atoms with Crippen molar-refractivity contribution < 1.29 is 5.11 Å². The SMILES string of the molecule is CN(Cc1ccc(Nc2ccccc2Cl)cc1)C[C@H](O)c1ccccc1. The van der Waals surface area contributed by atoms with Gasteiger partial charge in [-0.1, -0.05) is 66.2 Å². The molecule has 3 nitrogen and oxygen atoms in total. The molecule has 0 saturated heterocycles. The van der Waals surface area contributed by atoms with Crippen LogP contribution in [0, 0.1) is 0 Å². The van der Waals surface area contributed by atoms with Gasteiger partial charge in [0.2, 0.25) is 0 Å².